The van der Waals surface area contributed by atoms with E-state index < -0.39 is 0 Å². The monoisotopic (exact) mass is 466 g/mol. The molecule has 0 N–H and O–H groups in total. The van der Waals surface area contributed by atoms with E-state index in [0.717, 1.165) is 37.5 Å². The van der Waals surface area contributed by atoms with Gasteiger partial charge in [-0.2, -0.15) is 10.5 Å². The van der Waals surface area contributed by atoms with E-state index in [0.29, 0.717) is 11.8 Å². The lowest BCUT2D eigenvalue weighted by Crippen LogP contribution is -2.43. The highest BCUT2D eigenvalue weighted by atomic mass is 14.6. The van der Waals surface area contributed by atoms with Crippen molar-refractivity contribution in [3.63, 3.8) is 0 Å². The number of hydrogen-bond acceptors (Lipinski definition) is 2. The van der Waals surface area contributed by atoms with Gasteiger partial charge in [0.05, 0.1) is 23.0 Å². The molecule has 2 nitrogen and oxygen atoms in total. The molecule has 192 valence electrons. The molecule has 2 heteroatoms. The summed E-state index contributed by atoms with van der Waals surface area (Å²) in [7, 11) is 0. The molecule has 0 aromatic rings. The molecule has 0 aromatic heterocycles. The van der Waals surface area contributed by atoms with E-state index in [9.17, 15) is 10.5 Å². The fourth-order valence-electron chi connectivity index (χ4n) is 8.09. The lowest BCUT2D eigenvalue weighted by molar-refractivity contribution is 0.0271. The van der Waals surface area contributed by atoms with Crippen molar-refractivity contribution in [2.75, 3.05) is 0 Å². The van der Waals surface area contributed by atoms with Crippen molar-refractivity contribution in [2.45, 2.75) is 155 Å². The SMILES string of the molecule is CCCCCCC1CCC(C2(C#N)CCC(C#N)(C3CCC(CCCCCC)CC3)CC2)CC1. The van der Waals surface area contributed by atoms with E-state index in [1.807, 2.05) is 0 Å². The zero-order chi connectivity index (χ0) is 24.3. The molecular formula is C32H54N2. The molecular weight excluding hydrogens is 412 g/mol. The van der Waals surface area contributed by atoms with Gasteiger partial charge in [0.25, 0.3) is 0 Å². The molecule has 0 heterocycles. The molecule has 3 rings (SSSR count). The van der Waals surface area contributed by atoms with E-state index in [1.165, 1.54) is 116 Å². The summed E-state index contributed by atoms with van der Waals surface area (Å²) in [6.07, 6.45) is 28.2. The second kappa shape index (κ2) is 13.9. The third kappa shape index (κ3) is 7.02. The summed E-state index contributed by atoms with van der Waals surface area (Å²) in [6, 6.07) is 5.72. The molecule has 34 heavy (non-hydrogen) atoms. The maximum atomic E-state index is 10.3. The second-order valence-electron chi connectivity index (χ2n) is 12.7. The molecule has 0 saturated heterocycles. The fourth-order valence-corrected chi connectivity index (χ4v) is 8.09. The highest BCUT2D eigenvalue weighted by molar-refractivity contribution is 5.14. The topological polar surface area (TPSA) is 47.6 Å². The molecule has 0 bridgehead atoms. The van der Waals surface area contributed by atoms with Crippen LogP contribution in [0.5, 0.6) is 0 Å². The zero-order valence-corrected chi connectivity index (χ0v) is 22.8. The number of rotatable bonds is 12. The average Bonchev–Trinajstić information content (AvgIpc) is 2.90. The molecule has 0 radical (unpaired) electrons. The van der Waals surface area contributed by atoms with Crippen molar-refractivity contribution in [3.05, 3.63) is 0 Å². The summed E-state index contributed by atoms with van der Waals surface area (Å²) in [5.41, 5.74) is -0.270. The van der Waals surface area contributed by atoms with Gasteiger partial charge in [-0.15, -0.1) is 0 Å². The maximum absolute atomic E-state index is 10.3. The molecule has 0 amide bonds. The molecule has 0 spiro atoms. The van der Waals surface area contributed by atoms with Crippen molar-refractivity contribution < 1.29 is 0 Å². The highest BCUT2D eigenvalue weighted by Crippen LogP contribution is 2.57. The predicted octanol–water partition coefficient (Wildman–Crippen LogP) is 10.1. The molecule has 0 aliphatic heterocycles. The third-order valence-electron chi connectivity index (χ3n) is 10.7. The first-order valence-corrected chi connectivity index (χ1v) is 15.4. The normalized spacial score (nSPS) is 36.5. The van der Waals surface area contributed by atoms with Gasteiger partial charge in [-0.1, -0.05) is 104 Å². The van der Waals surface area contributed by atoms with Crippen molar-refractivity contribution >= 4 is 0 Å². The van der Waals surface area contributed by atoms with Crippen LogP contribution in [0.15, 0.2) is 0 Å². The Morgan fingerprint density at radius 1 is 0.529 bits per heavy atom. The second-order valence-corrected chi connectivity index (χ2v) is 12.7. The van der Waals surface area contributed by atoms with Crippen LogP contribution in [0.4, 0.5) is 0 Å². The fraction of sp³-hybridized carbons (Fsp3) is 0.938. The van der Waals surface area contributed by atoms with Gasteiger partial charge in [0, 0.05) is 0 Å². The zero-order valence-electron chi connectivity index (χ0n) is 22.8. The smallest absolute Gasteiger partial charge is 0.0692 e. The van der Waals surface area contributed by atoms with Crippen molar-refractivity contribution in [1.29, 1.82) is 10.5 Å². The first kappa shape index (κ1) is 27.6. The lowest BCUT2D eigenvalue weighted by Gasteiger charge is -2.49. The number of nitriles is 2. The van der Waals surface area contributed by atoms with Crippen molar-refractivity contribution in [2.24, 2.45) is 34.5 Å². The van der Waals surface area contributed by atoms with Crippen LogP contribution in [0.3, 0.4) is 0 Å². The molecule has 0 aromatic carbocycles. The number of hydrogen-bond donors (Lipinski definition) is 0. The van der Waals surface area contributed by atoms with Gasteiger partial charge in [0.2, 0.25) is 0 Å². The Balaban J connectivity index is 1.46. The first-order chi connectivity index (χ1) is 16.6. The predicted molar refractivity (Wildman–Crippen MR) is 143 cm³/mol. The minimum atomic E-state index is -0.135. The van der Waals surface area contributed by atoms with Crippen LogP contribution in [0.1, 0.15) is 155 Å². The summed E-state index contributed by atoms with van der Waals surface area (Å²) in [5.74, 6) is 2.98. The van der Waals surface area contributed by atoms with Gasteiger partial charge >= 0.3 is 0 Å². The molecule has 3 fully saturated rings. The average molecular weight is 467 g/mol. The van der Waals surface area contributed by atoms with Crippen LogP contribution < -0.4 is 0 Å². The van der Waals surface area contributed by atoms with Crippen LogP contribution in [-0.2, 0) is 0 Å². The lowest BCUT2D eigenvalue weighted by atomic mass is 9.53. The number of unbranched alkanes of at least 4 members (excludes halogenated alkanes) is 6. The maximum Gasteiger partial charge on any atom is 0.0692 e. The van der Waals surface area contributed by atoms with Crippen LogP contribution in [0.25, 0.3) is 0 Å². The molecule has 3 saturated carbocycles. The summed E-state index contributed by atoms with van der Waals surface area (Å²) in [4.78, 5) is 0. The molecule has 0 unspecified atom stereocenters. The Morgan fingerprint density at radius 3 is 1.18 bits per heavy atom. The van der Waals surface area contributed by atoms with E-state index in [-0.39, 0.29) is 10.8 Å². The van der Waals surface area contributed by atoms with E-state index in [4.69, 9.17) is 0 Å². The van der Waals surface area contributed by atoms with Crippen molar-refractivity contribution in [1.82, 2.24) is 0 Å². The van der Waals surface area contributed by atoms with Crippen LogP contribution in [0, 0.1) is 57.2 Å². The van der Waals surface area contributed by atoms with Crippen LogP contribution in [-0.4, -0.2) is 0 Å². The Hall–Kier alpha value is -1.02. The Kier molecular flexibility index (Phi) is 11.3. The molecule has 3 aliphatic rings. The number of nitrogens with zero attached hydrogens (tertiary/aromatic N) is 2. The van der Waals surface area contributed by atoms with Gasteiger partial charge < -0.3 is 0 Å². The summed E-state index contributed by atoms with van der Waals surface area (Å²) < 4.78 is 0. The quantitative estimate of drug-likeness (QED) is 0.268. The molecule has 3 aliphatic carbocycles. The summed E-state index contributed by atoms with van der Waals surface area (Å²) in [5, 5.41) is 20.7. The molecule has 0 atom stereocenters. The van der Waals surface area contributed by atoms with Crippen LogP contribution >= 0.6 is 0 Å². The summed E-state index contributed by atoms with van der Waals surface area (Å²) >= 11 is 0. The van der Waals surface area contributed by atoms with Gasteiger partial charge in [-0.25, -0.2) is 0 Å². The Labute approximate surface area is 212 Å². The standard InChI is InChI=1S/C32H54N2/c1-3-5-7-9-11-27-13-17-29(18-14-27)31(25-33)21-23-32(26-34,24-22-31)30-19-15-28(16-20-30)12-10-8-6-4-2/h27-30H,3-24H2,1-2H3. The Bertz CT molecular complexity index is 585. The largest absolute Gasteiger partial charge is 0.198 e. The minimum Gasteiger partial charge on any atom is -0.198 e. The summed E-state index contributed by atoms with van der Waals surface area (Å²) in [6.45, 7) is 4.58. The minimum absolute atomic E-state index is 0.135. The van der Waals surface area contributed by atoms with Gasteiger partial charge in [-0.3, -0.25) is 0 Å². The van der Waals surface area contributed by atoms with Gasteiger partial charge in [0.1, 0.15) is 0 Å². The first-order valence-electron chi connectivity index (χ1n) is 15.4. The van der Waals surface area contributed by atoms with Gasteiger partial charge in [0.15, 0.2) is 0 Å². The van der Waals surface area contributed by atoms with E-state index in [2.05, 4.69) is 26.0 Å². The van der Waals surface area contributed by atoms with E-state index >= 15 is 0 Å². The van der Waals surface area contributed by atoms with Gasteiger partial charge in [-0.05, 0) is 75.0 Å². The third-order valence-corrected chi connectivity index (χ3v) is 10.7. The van der Waals surface area contributed by atoms with Crippen molar-refractivity contribution in [3.8, 4) is 12.1 Å². The highest BCUT2D eigenvalue weighted by Gasteiger charge is 2.51. The van der Waals surface area contributed by atoms with Crippen LogP contribution in [0.2, 0.25) is 0 Å². The van der Waals surface area contributed by atoms with E-state index in [1.54, 1.807) is 0 Å². The Morgan fingerprint density at radius 2 is 0.882 bits per heavy atom.